The molecule has 0 spiro atoms. The molecule has 148 valence electrons. The van der Waals surface area contributed by atoms with Crippen LogP contribution in [0, 0.1) is 0 Å². The highest BCUT2D eigenvalue weighted by molar-refractivity contribution is 7.85. The smallest absolute Gasteiger partial charge is 0.264 e. The summed E-state index contributed by atoms with van der Waals surface area (Å²) < 4.78 is 36.9. The van der Waals surface area contributed by atoms with Gasteiger partial charge in [-0.3, -0.25) is 4.18 Å². The lowest BCUT2D eigenvalue weighted by Crippen LogP contribution is -2.02. The molecular weight excluding hydrogens is 447 g/mol. The van der Waals surface area contributed by atoms with Crippen molar-refractivity contribution in [3.05, 3.63) is 70.1 Å². The van der Waals surface area contributed by atoms with Crippen molar-refractivity contribution >= 4 is 66.9 Å². The van der Waals surface area contributed by atoms with Crippen LogP contribution in [0.2, 0.25) is 10.0 Å². The van der Waals surface area contributed by atoms with E-state index in [2.05, 4.69) is 0 Å². The first-order chi connectivity index (χ1) is 13.3. The van der Waals surface area contributed by atoms with Gasteiger partial charge in [0.2, 0.25) is 0 Å². The Morgan fingerprint density at radius 1 is 0.893 bits per heavy atom. The predicted molar refractivity (Wildman–Crippen MR) is 112 cm³/mol. The molecule has 0 aliphatic carbocycles. The number of fused-ring (bicyclic) bond motifs is 2. The molecule has 28 heavy (non-hydrogen) atoms. The van der Waals surface area contributed by atoms with E-state index in [9.17, 15) is 8.42 Å². The Hall–Kier alpha value is -1.70. The first-order valence-corrected chi connectivity index (χ1v) is 11.1. The summed E-state index contributed by atoms with van der Waals surface area (Å²) in [5.74, 6) is 0.452. The molecule has 0 amide bonds. The Morgan fingerprint density at radius 3 is 1.89 bits per heavy atom. The second kappa shape index (κ2) is 8.76. The van der Waals surface area contributed by atoms with Crippen LogP contribution in [0.3, 0.4) is 0 Å². The molecule has 0 atom stereocenters. The third kappa shape index (κ3) is 5.21. The number of hydrogen-bond donors (Lipinski definition) is 0. The monoisotopic (exact) mass is 460 g/mol. The first kappa shape index (κ1) is 21.0. The van der Waals surface area contributed by atoms with Crippen molar-refractivity contribution in [2.45, 2.75) is 12.5 Å². The average Bonchev–Trinajstić information content (AvgIpc) is 3.22. The fourth-order valence-electron chi connectivity index (χ4n) is 2.49. The molecule has 0 fully saturated rings. The van der Waals surface area contributed by atoms with Gasteiger partial charge in [-0.2, -0.15) is 8.42 Å². The number of furan rings is 2. The van der Waals surface area contributed by atoms with E-state index in [1.165, 1.54) is 6.26 Å². The molecule has 5 nitrogen and oxygen atoms in total. The summed E-state index contributed by atoms with van der Waals surface area (Å²) in [4.78, 5) is 0. The lowest BCUT2D eigenvalue weighted by molar-refractivity contribution is 0.311. The quantitative estimate of drug-likeness (QED) is 0.260. The van der Waals surface area contributed by atoms with Crippen molar-refractivity contribution < 1.29 is 21.4 Å². The van der Waals surface area contributed by atoms with Crippen molar-refractivity contribution in [1.29, 1.82) is 0 Å². The zero-order valence-corrected chi connectivity index (χ0v) is 17.7. The number of hydrogen-bond acceptors (Lipinski definition) is 5. The maximum atomic E-state index is 10.9. The van der Waals surface area contributed by atoms with Gasteiger partial charge in [-0.25, -0.2) is 0 Å². The Bertz CT molecular complexity index is 1210. The fraction of sp³-hybridized carbons (Fsp3) is 0.158. The van der Waals surface area contributed by atoms with Crippen LogP contribution in [-0.4, -0.2) is 14.7 Å². The molecule has 2 aromatic heterocycles. The summed E-state index contributed by atoms with van der Waals surface area (Å²) >= 11 is 17.4. The van der Waals surface area contributed by atoms with Crippen molar-refractivity contribution in [1.82, 2.24) is 0 Å². The molecule has 0 aliphatic heterocycles. The van der Waals surface area contributed by atoms with E-state index >= 15 is 0 Å². The second-order valence-corrected chi connectivity index (χ2v) is 8.69. The highest BCUT2D eigenvalue weighted by atomic mass is 35.5. The molecule has 0 saturated heterocycles. The standard InChI is InChI=1S/C10H9ClO4S.C9H6Cl2O/c1-16(12,13)15-6-7-5-14-10-3-2-8(11)4-9(7)10;10-4-6-5-12-9-2-1-7(11)3-8(6)9/h2-5H,6H2,1H3;1-3,5H,4H2. The maximum absolute atomic E-state index is 10.9. The van der Waals surface area contributed by atoms with E-state index in [0.29, 0.717) is 27.1 Å². The van der Waals surface area contributed by atoms with E-state index in [-0.39, 0.29) is 6.61 Å². The normalized spacial score (nSPS) is 11.6. The summed E-state index contributed by atoms with van der Waals surface area (Å²) in [6, 6.07) is 10.6. The number of rotatable bonds is 4. The minimum atomic E-state index is -3.45. The lowest BCUT2D eigenvalue weighted by Gasteiger charge is -1.98. The molecule has 0 unspecified atom stereocenters. The summed E-state index contributed by atoms with van der Waals surface area (Å²) in [7, 11) is -3.45. The van der Waals surface area contributed by atoms with Crippen molar-refractivity contribution in [2.75, 3.05) is 6.26 Å². The third-order valence-corrected chi connectivity index (χ3v) is 5.11. The largest absolute Gasteiger partial charge is 0.464 e. The molecular formula is C19H15Cl3O5S. The maximum Gasteiger partial charge on any atom is 0.264 e. The van der Waals surface area contributed by atoms with E-state index in [1.54, 1.807) is 30.5 Å². The minimum absolute atomic E-state index is 0.0494. The van der Waals surface area contributed by atoms with Crippen LogP contribution in [0.5, 0.6) is 0 Å². The van der Waals surface area contributed by atoms with Gasteiger partial charge in [0.15, 0.2) is 0 Å². The van der Waals surface area contributed by atoms with E-state index in [4.69, 9.17) is 47.8 Å². The molecule has 0 saturated carbocycles. The van der Waals surface area contributed by atoms with Crippen molar-refractivity contribution in [3.8, 4) is 0 Å². The van der Waals surface area contributed by atoms with Gasteiger partial charge in [-0.1, -0.05) is 23.2 Å². The molecule has 2 heterocycles. The molecule has 4 aromatic rings. The third-order valence-electron chi connectivity index (χ3n) is 3.80. The highest BCUT2D eigenvalue weighted by Crippen LogP contribution is 2.26. The number of halogens is 3. The Morgan fingerprint density at radius 2 is 1.39 bits per heavy atom. The zero-order valence-electron chi connectivity index (χ0n) is 14.6. The SMILES string of the molecule is CS(=O)(=O)OCc1coc2ccc(Cl)cc12.ClCc1coc2ccc(Cl)cc12. The fourth-order valence-corrected chi connectivity index (χ4v) is 3.39. The Labute approximate surface area is 176 Å². The number of alkyl halides is 1. The van der Waals surface area contributed by atoms with Crippen molar-refractivity contribution in [3.63, 3.8) is 0 Å². The molecule has 2 aromatic carbocycles. The van der Waals surface area contributed by atoms with Gasteiger partial charge in [0, 0.05) is 31.9 Å². The summed E-state index contributed by atoms with van der Waals surface area (Å²) in [5.41, 5.74) is 3.11. The zero-order chi connectivity index (χ0) is 20.3. The van der Waals surface area contributed by atoms with Crippen LogP contribution in [0.15, 0.2) is 57.8 Å². The Kier molecular flexibility index (Phi) is 6.58. The summed E-state index contributed by atoms with van der Waals surface area (Å²) in [5, 5.41) is 3.03. The summed E-state index contributed by atoms with van der Waals surface area (Å²) in [6.45, 7) is -0.0494. The van der Waals surface area contributed by atoms with Crippen molar-refractivity contribution in [2.24, 2.45) is 0 Å². The molecule has 4 rings (SSSR count). The first-order valence-electron chi connectivity index (χ1n) is 7.98. The van der Waals surface area contributed by atoms with E-state index in [0.717, 1.165) is 28.2 Å². The molecule has 0 aliphatic rings. The van der Waals surface area contributed by atoms with Crippen LogP contribution >= 0.6 is 34.8 Å². The molecule has 9 heteroatoms. The van der Waals surface area contributed by atoms with Crippen LogP contribution in [0.4, 0.5) is 0 Å². The van der Waals surface area contributed by atoms with E-state index < -0.39 is 10.1 Å². The van der Waals surface area contributed by atoms with Crippen LogP contribution in [-0.2, 0) is 26.8 Å². The van der Waals surface area contributed by atoms with Crippen LogP contribution in [0.25, 0.3) is 21.9 Å². The van der Waals surface area contributed by atoms with Gasteiger partial charge >= 0.3 is 0 Å². The van der Waals surface area contributed by atoms with Gasteiger partial charge < -0.3 is 8.83 Å². The topological polar surface area (TPSA) is 69.7 Å². The molecule has 0 radical (unpaired) electrons. The average molecular weight is 462 g/mol. The molecule has 0 bridgehead atoms. The van der Waals surface area contributed by atoms with Gasteiger partial charge in [0.05, 0.1) is 31.3 Å². The minimum Gasteiger partial charge on any atom is -0.464 e. The second-order valence-electron chi connectivity index (χ2n) is 5.90. The van der Waals surface area contributed by atoms with Gasteiger partial charge in [0.1, 0.15) is 11.2 Å². The molecule has 0 N–H and O–H groups in total. The lowest BCUT2D eigenvalue weighted by atomic mass is 10.2. The van der Waals surface area contributed by atoms with Crippen LogP contribution in [0.1, 0.15) is 11.1 Å². The summed E-state index contributed by atoms with van der Waals surface area (Å²) in [6.07, 6.45) is 4.13. The number of benzene rings is 2. The predicted octanol–water partition coefficient (Wildman–Crippen LogP) is 6.39. The van der Waals surface area contributed by atoms with Crippen LogP contribution < -0.4 is 0 Å². The van der Waals surface area contributed by atoms with Gasteiger partial charge in [0.25, 0.3) is 10.1 Å². The Balaban J connectivity index is 0.000000167. The van der Waals surface area contributed by atoms with Gasteiger partial charge in [-0.15, -0.1) is 11.6 Å². The van der Waals surface area contributed by atoms with Gasteiger partial charge in [-0.05, 0) is 36.4 Å². The highest BCUT2D eigenvalue weighted by Gasteiger charge is 2.09. The van der Waals surface area contributed by atoms with E-state index in [1.807, 2.05) is 12.1 Å².